The normalized spacial score (nSPS) is 10.6. The second kappa shape index (κ2) is 4.29. The summed E-state index contributed by atoms with van der Waals surface area (Å²) >= 11 is 1.39. The van der Waals surface area contributed by atoms with Gasteiger partial charge in [0.25, 0.3) is 0 Å². The molecule has 0 saturated heterocycles. The molecule has 0 saturated carbocycles. The fourth-order valence-corrected chi connectivity index (χ4v) is 2.54. The molecule has 0 spiro atoms. The zero-order chi connectivity index (χ0) is 12.6. The summed E-state index contributed by atoms with van der Waals surface area (Å²) in [6.07, 6.45) is 1.54. The predicted molar refractivity (Wildman–Crippen MR) is 64.8 cm³/mol. The number of aryl methyl sites for hydroxylation is 3. The lowest BCUT2D eigenvalue weighted by atomic mass is 10.2. The van der Waals surface area contributed by atoms with Gasteiger partial charge in [-0.3, -0.25) is 9.48 Å². The van der Waals surface area contributed by atoms with Crippen LogP contribution in [0.5, 0.6) is 5.75 Å². The smallest absolute Gasteiger partial charge is 0.226 e. The van der Waals surface area contributed by atoms with Gasteiger partial charge in [-0.15, -0.1) is 11.3 Å². The van der Waals surface area contributed by atoms with Gasteiger partial charge < -0.3 is 4.74 Å². The molecule has 6 heteroatoms. The largest absolute Gasteiger partial charge is 0.493 e. The van der Waals surface area contributed by atoms with Crippen LogP contribution in [0.3, 0.4) is 0 Å². The maximum absolute atomic E-state index is 12.4. The number of hydrogen-bond donors (Lipinski definition) is 0. The minimum absolute atomic E-state index is 0.0926. The Morgan fingerprint density at radius 3 is 2.71 bits per heavy atom. The van der Waals surface area contributed by atoms with E-state index in [1.807, 2.05) is 13.8 Å². The molecule has 2 rings (SSSR count). The number of thiazole rings is 1. The molecular formula is C11H13N3O2S. The lowest BCUT2D eigenvalue weighted by Crippen LogP contribution is -2.09. The average molecular weight is 251 g/mol. The van der Waals surface area contributed by atoms with Gasteiger partial charge in [0.2, 0.25) is 5.78 Å². The van der Waals surface area contributed by atoms with Crippen molar-refractivity contribution in [2.45, 2.75) is 13.8 Å². The minimum Gasteiger partial charge on any atom is -0.493 e. The standard InChI is InChI=1S/C11H13N3O2S/c1-6-11(17-7(2)13-6)10(15)9-8(16-4)5-12-14(9)3/h5H,1-4H3. The van der Waals surface area contributed by atoms with Crippen molar-refractivity contribution in [3.8, 4) is 5.75 Å². The molecule has 2 heterocycles. The van der Waals surface area contributed by atoms with Crippen molar-refractivity contribution in [3.05, 3.63) is 27.5 Å². The third-order valence-corrected chi connectivity index (χ3v) is 3.52. The Kier molecular flexibility index (Phi) is 2.97. The summed E-state index contributed by atoms with van der Waals surface area (Å²) in [5.74, 6) is 0.396. The van der Waals surface area contributed by atoms with Gasteiger partial charge in [-0.05, 0) is 13.8 Å². The fourth-order valence-electron chi connectivity index (χ4n) is 1.68. The summed E-state index contributed by atoms with van der Waals surface area (Å²) in [4.78, 5) is 17.3. The lowest BCUT2D eigenvalue weighted by molar-refractivity contribution is 0.103. The van der Waals surface area contributed by atoms with E-state index in [0.717, 1.165) is 10.7 Å². The molecule has 0 aliphatic rings. The second-order valence-corrected chi connectivity index (χ2v) is 4.86. The number of carbonyl (C=O) groups excluding carboxylic acids is 1. The first kappa shape index (κ1) is 11.8. The van der Waals surface area contributed by atoms with Crippen LogP contribution in [0.15, 0.2) is 6.20 Å². The molecule has 2 aromatic rings. The number of rotatable bonds is 3. The summed E-state index contributed by atoms with van der Waals surface area (Å²) in [6, 6.07) is 0. The molecule has 17 heavy (non-hydrogen) atoms. The Bertz CT molecular complexity index is 571. The van der Waals surface area contributed by atoms with Gasteiger partial charge in [-0.1, -0.05) is 0 Å². The zero-order valence-corrected chi connectivity index (χ0v) is 11.0. The van der Waals surface area contributed by atoms with Crippen molar-refractivity contribution in [1.82, 2.24) is 14.8 Å². The van der Waals surface area contributed by atoms with E-state index in [0.29, 0.717) is 16.3 Å². The van der Waals surface area contributed by atoms with Crippen LogP contribution in [0.25, 0.3) is 0 Å². The molecule has 0 amide bonds. The van der Waals surface area contributed by atoms with Crippen molar-refractivity contribution in [2.75, 3.05) is 7.11 Å². The first-order valence-electron chi connectivity index (χ1n) is 5.09. The van der Waals surface area contributed by atoms with Gasteiger partial charge in [0, 0.05) is 7.05 Å². The highest BCUT2D eigenvalue weighted by molar-refractivity contribution is 7.14. The van der Waals surface area contributed by atoms with Gasteiger partial charge in [-0.2, -0.15) is 5.10 Å². The number of methoxy groups -OCH3 is 1. The van der Waals surface area contributed by atoms with E-state index in [2.05, 4.69) is 10.1 Å². The van der Waals surface area contributed by atoms with Crippen molar-refractivity contribution in [2.24, 2.45) is 7.05 Å². The van der Waals surface area contributed by atoms with Crippen LogP contribution < -0.4 is 4.74 Å². The van der Waals surface area contributed by atoms with Crippen molar-refractivity contribution in [3.63, 3.8) is 0 Å². The molecule has 0 aliphatic heterocycles. The highest BCUT2D eigenvalue weighted by Crippen LogP contribution is 2.25. The van der Waals surface area contributed by atoms with Crippen LogP contribution in [0.4, 0.5) is 0 Å². The number of hydrogen-bond acceptors (Lipinski definition) is 5. The summed E-state index contributed by atoms with van der Waals surface area (Å²) in [5, 5.41) is 4.91. The summed E-state index contributed by atoms with van der Waals surface area (Å²) in [5.41, 5.74) is 1.21. The number of nitrogens with zero attached hydrogens (tertiary/aromatic N) is 3. The van der Waals surface area contributed by atoms with Crippen molar-refractivity contribution in [1.29, 1.82) is 0 Å². The molecule has 0 radical (unpaired) electrons. The summed E-state index contributed by atoms with van der Waals surface area (Å²) in [6.45, 7) is 3.72. The Labute approximate surface area is 103 Å². The topological polar surface area (TPSA) is 57.0 Å². The number of carbonyl (C=O) groups is 1. The number of aromatic nitrogens is 3. The molecule has 5 nitrogen and oxygen atoms in total. The molecule has 0 bridgehead atoms. The van der Waals surface area contributed by atoms with E-state index >= 15 is 0 Å². The highest BCUT2D eigenvalue weighted by Gasteiger charge is 2.23. The maximum atomic E-state index is 12.4. The van der Waals surface area contributed by atoms with E-state index in [1.54, 1.807) is 7.05 Å². The Morgan fingerprint density at radius 2 is 2.18 bits per heavy atom. The van der Waals surface area contributed by atoms with Gasteiger partial charge >= 0.3 is 0 Å². The maximum Gasteiger partial charge on any atom is 0.226 e. The van der Waals surface area contributed by atoms with Gasteiger partial charge in [0.15, 0.2) is 11.4 Å². The molecule has 0 N–H and O–H groups in total. The van der Waals surface area contributed by atoms with E-state index in [9.17, 15) is 4.79 Å². The Balaban J connectivity index is 2.50. The monoisotopic (exact) mass is 251 g/mol. The molecular weight excluding hydrogens is 238 g/mol. The lowest BCUT2D eigenvalue weighted by Gasteiger charge is -2.02. The summed E-state index contributed by atoms with van der Waals surface area (Å²) < 4.78 is 6.66. The first-order chi connectivity index (χ1) is 8.04. The third kappa shape index (κ3) is 1.95. The van der Waals surface area contributed by atoms with E-state index in [1.165, 1.54) is 29.3 Å². The first-order valence-corrected chi connectivity index (χ1v) is 5.91. The average Bonchev–Trinajstić information content (AvgIpc) is 2.80. The molecule has 0 aromatic carbocycles. The molecule has 2 aromatic heterocycles. The predicted octanol–water partition coefficient (Wildman–Crippen LogP) is 1.73. The fraction of sp³-hybridized carbons (Fsp3) is 0.364. The van der Waals surface area contributed by atoms with E-state index in [-0.39, 0.29) is 5.78 Å². The van der Waals surface area contributed by atoms with Gasteiger partial charge in [0.1, 0.15) is 0 Å². The van der Waals surface area contributed by atoms with Crippen LogP contribution in [-0.4, -0.2) is 27.7 Å². The Morgan fingerprint density at radius 1 is 1.47 bits per heavy atom. The molecule has 0 fully saturated rings. The minimum atomic E-state index is -0.0926. The third-order valence-electron chi connectivity index (χ3n) is 2.45. The van der Waals surface area contributed by atoms with Crippen LogP contribution in [0, 0.1) is 13.8 Å². The van der Waals surface area contributed by atoms with Crippen LogP contribution in [0.1, 0.15) is 26.1 Å². The van der Waals surface area contributed by atoms with Gasteiger partial charge in [-0.25, -0.2) is 4.98 Å². The SMILES string of the molecule is COc1cnn(C)c1C(=O)c1sc(C)nc1C. The van der Waals surface area contributed by atoms with Crippen LogP contribution in [-0.2, 0) is 7.05 Å². The molecule has 90 valence electrons. The van der Waals surface area contributed by atoms with Crippen molar-refractivity contribution >= 4 is 17.1 Å². The molecule has 0 unspecified atom stereocenters. The summed E-state index contributed by atoms with van der Waals surface area (Å²) in [7, 11) is 3.25. The second-order valence-electron chi connectivity index (χ2n) is 3.66. The van der Waals surface area contributed by atoms with Gasteiger partial charge in [0.05, 0.1) is 28.9 Å². The molecule has 0 aliphatic carbocycles. The van der Waals surface area contributed by atoms with E-state index in [4.69, 9.17) is 4.74 Å². The van der Waals surface area contributed by atoms with E-state index < -0.39 is 0 Å². The van der Waals surface area contributed by atoms with Crippen LogP contribution >= 0.6 is 11.3 Å². The molecule has 0 atom stereocenters. The van der Waals surface area contributed by atoms with Crippen LogP contribution in [0.2, 0.25) is 0 Å². The zero-order valence-electron chi connectivity index (χ0n) is 10.1. The number of ketones is 1. The quantitative estimate of drug-likeness (QED) is 0.780. The highest BCUT2D eigenvalue weighted by atomic mass is 32.1. The Hall–Kier alpha value is -1.69. The number of ether oxygens (including phenoxy) is 1. The van der Waals surface area contributed by atoms with Crippen molar-refractivity contribution < 1.29 is 9.53 Å².